The van der Waals surface area contributed by atoms with E-state index in [0.717, 1.165) is 0 Å². The van der Waals surface area contributed by atoms with Crippen LogP contribution in [0, 0.1) is 10.1 Å². The molecule has 6 nitrogen and oxygen atoms in total. The van der Waals surface area contributed by atoms with Crippen molar-refractivity contribution in [2.45, 2.75) is 17.9 Å². The SMILES string of the molecule is CCOC(=O)c1ccccc1SCC(c1ccc(OC)cc1)[N+](=O)[O-]. The first kappa shape index (κ1) is 18.8. The van der Waals surface area contributed by atoms with E-state index in [1.54, 1.807) is 62.6 Å². The highest BCUT2D eigenvalue weighted by Gasteiger charge is 2.24. The molecule has 0 aliphatic rings. The minimum Gasteiger partial charge on any atom is -0.497 e. The second-order valence-electron chi connectivity index (χ2n) is 5.10. The number of methoxy groups -OCH3 is 1. The number of hydrogen-bond donors (Lipinski definition) is 0. The Kier molecular flexibility index (Phi) is 6.82. The molecular weight excluding hydrogens is 342 g/mol. The summed E-state index contributed by atoms with van der Waals surface area (Å²) in [5.41, 5.74) is 1.01. The number of ether oxygens (including phenoxy) is 2. The highest BCUT2D eigenvalue weighted by molar-refractivity contribution is 7.99. The average molecular weight is 361 g/mol. The van der Waals surface area contributed by atoms with Gasteiger partial charge in [-0.25, -0.2) is 4.79 Å². The molecule has 7 heteroatoms. The van der Waals surface area contributed by atoms with Crippen LogP contribution in [-0.2, 0) is 4.74 Å². The van der Waals surface area contributed by atoms with Crippen molar-refractivity contribution in [1.29, 1.82) is 0 Å². The Balaban J connectivity index is 2.16. The summed E-state index contributed by atoms with van der Waals surface area (Å²) < 4.78 is 10.1. The summed E-state index contributed by atoms with van der Waals surface area (Å²) in [5.74, 6) is 0.425. The molecule has 2 aromatic rings. The Morgan fingerprint density at radius 1 is 1.20 bits per heavy atom. The number of rotatable bonds is 8. The van der Waals surface area contributed by atoms with Crippen LogP contribution in [0.25, 0.3) is 0 Å². The molecule has 0 aliphatic carbocycles. The van der Waals surface area contributed by atoms with Crippen LogP contribution in [0.15, 0.2) is 53.4 Å². The maximum Gasteiger partial charge on any atom is 0.339 e. The van der Waals surface area contributed by atoms with Crippen LogP contribution < -0.4 is 4.74 Å². The number of benzene rings is 2. The lowest BCUT2D eigenvalue weighted by Crippen LogP contribution is -2.13. The summed E-state index contributed by atoms with van der Waals surface area (Å²) in [6, 6.07) is 12.8. The minimum absolute atomic E-state index is 0.204. The maximum atomic E-state index is 12.0. The normalized spacial score (nSPS) is 11.6. The predicted molar refractivity (Wildman–Crippen MR) is 95.9 cm³/mol. The van der Waals surface area contributed by atoms with Crippen molar-refractivity contribution in [2.24, 2.45) is 0 Å². The monoisotopic (exact) mass is 361 g/mol. The van der Waals surface area contributed by atoms with Crippen molar-refractivity contribution in [1.82, 2.24) is 0 Å². The fourth-order valence-corrected chi connectivity index (χ4v) is 3.38. The zero-order valence-corrected chi connectivity index (χ0v) is 14.8. The number of hydrogen-bond acceptors (Lipinski definition) is 6. The van der Waals surface area contributed by atoms with Crippen LogP contribution in [-0.4, -0.2) is 30.4 Å². The number of carbonyl (C=O) groups excluding carboxylic acids is 1. The lowest BCUT2D eigenvalue weighted by atomic mass is 10.1. The van der Waals surface area contributed by atoms with Crippen LogP contribution in [0.5, 0.6) is 5.75 Å². The van der Waals surface area contributed by atoms with Gasteiger partial charge in [0.15, 0.2) is 0 Å². The number of nitrogens with zero attached hydrogens (tertiary/aromatic N) is 1. The van der Waals surface area contributed by atoms with E-state index in [1.807, 2.05) is 0 Å². The third-order valence-corrected chi connectivity index (χ3v) is 4.68. The van der Waals surface area contributed by atoms with Gasteiger partial charge >= 0.3 is 5.97 Å². The first-order valence-electron chi connectivity index (χ1n) is 7.73. The summed E-state index contributed by atoms with van der Waals surface area (Å²) in [6.45, 7) is 2.02. The molecule has 1 atom stereocenters. The fourth-order valence-electron chi connectivity index (χ4n) is 2.24. The van der Waals surface area contributed by atoms with Crippen molar-refractivity contribution in [3.05, 3.63) is 69.8 Å². The van der Waals surface area contributed by atoms with Gasteiger partial charge in [-0.15, -0.1) is 11.8 Å². The summed E-state index contributed by atoms with van der Waals surface area (Å²) >= 11 is 1.27. The van der Waals surface area contributed by atoms with Gasteiger partial charge in [0, 0.05) is 15.4 Å². The quantitative estimate of drug-likeness (QED) is 0.306. The van der Waals surface area contributed by atoms with E-state index in [0.29, 0.717) is 21.8 Å². The lowest BCUT2D eigenvalue weighted by Gasteiger charge is -2.12. The first-order chi connectivity index (χ1) is 12.1. The second kappa shape index (κ2) is 9.08. The standard InChI is InChI=1S/C18H19NO5S/c1-3-24-18(20)15-6-4-5-7-17(15)25-12-16(19(21)22)13-8-10-14(23-2)11-9-13/h4-11,16H,3,12H2,1-2H3. The summed E-state index contributed by atoms with van der Waals surface area (Å²) in [7, 11) is 1.54. The van der Waals surface area contributed by atoms with Gasteiger partial charge in [0.1, 0.15) is 5.75 Å². The molecule has 0 fully saturated rings. The third-order valence-electron chi connectivity index (χ3n) is 3.53. The summed E-state index contributed by atoms with van der Waals surface area (Å²) in [6.07, 6.45) is 0. The van der Waals surface area contributed by atoms with Crippen molar-refractivity contribution < 1.29 is 19.2 Å². The van der Waals surface area contributed by atoms with Crippen molar-refractivity contribution in [3.63, 3.8) is 0 Å². The fraction of sp³-hybridized carbons (Fsp3) is 0.278. The van der Waals surface area contributed by atoms with E-state index >= 15 is 0 Å². The Morgan fingerprint density at radius 3 is 2.48 bits per heavy atom. The van der Waals surface area contributed by atoms with Crippen molar-refractivity contribution in [2.75, 3.05) is 19.5 Å². The molecule has 2 aromatic carbocycles. The van der Waals surface area contributed by atoms with E-state index in [1.165, 1.54) is 11.8 Å². The average Bonchev–Trinajstić information content (AvgIpc) is 2.62. The molecule has 0 aromatic heterocycles. The van der Waals surface area contributed by atoms with Gasteiger partial charge in [-0.2, -0.15) is 0 Å². The zero-order chi connectivity index (χ0) is 18.2. The molecule has 0 N–H and O–H groups in total. The topological polar surface area (TPSA) is 78.7 Å². The number of thioether (sulfide) groups is 1. The predicted octanol–water partition coefficient (Wildman–Crippen LogP) is 3.98. The van der Waals surface area contributed by atoms with Crippen LogP contribution in [0.4, 0.5) is 0 Å². The Hall–Kier alpha value is -2.54. The number of nitro groups is 1. The molecule has 132 valence electrons. The molecule has 2 rings (SSSR count). The molecule has 0 bridgehead atoms. The highest BCUT2D eigenvalue weighted by Crippen LogP contribution is 2.30. The smallest absolute Gasteiger partial charge is 0.339 e. The number of esters is 1. The van der Waals surface area contributed by atoms with Gasteiger partial charge in [0.05, 0.1) is 25.0 Å². The van der Waals surface area contributed by atoms with Gasteiger partial charge in [0.25, 0.3) is 0 Å². The molecule has 0 radical (unpaired) electrons. The molecule has 0 saturated carbocycles. The summed E-state index contributed by atoms with van der Waals surface area (Å²) in [4.78, 5) is 23.8. The van der Waals surface area contributed by atoms with Crippen LogP contribution in [0.3, 0.4) is 0 Å². The van der Waals surface area contributed by atoms with E-state index in [4.69, 9.17) is 9.47 Å². The maximum absolute atomic E-state index is 12.0. The molecule has 0 spiro atoms. The lowest BCUT2D eigenvalue weighted by molar-refractivity contribution is -0.522. The van der Waals surface area contributed by atoms with E-state index in [9.17, 15) is 14.9 Å². The van der Waals surface area contributed by atoms with Gasteiger partial charge in [-0.1, -0.05) is 12.1 Å². The molecule has 1 unspecified atom stereocenters. The molecule has 25 heavy (non-hydrogen) atoms. The summed E-state index contributed by atoms with van der Waals surface area (Å²) in [5, 5.41) is 11.5. The minimum atomic E-state index is -0.883. The molecular formula is C18H19NO5S. The molecule has 0 saturated heterocycles. The van der Waals surface area contributed by atoms with Crippen LogP contribution in [0.2, 0.25) is 0 Å². The van der Waals surface area contributed by atoms with E-state index in [2.05, 4.69) is 0 Å². The zero-order valence-electron chi connectivity index (χ0n) is 14.0. The highest BCUT2D eigenvalue weighted by atomic mass is 32.2. The first-order valence-corrected chi connectivity index (χ1v) is 8.71. The molecule has 0 aliphatic heterocycles. The van der Waals surface area contributed by atoms with E-state index in [-0.39, 0.29) is 17.3 Å². The number of carbonyl (C=O) groups is 1. The Labute approximate surface area is 150 Å². The largest absolute Gasteiger partial charge is 0.497 e. The molecule has 0 amide bonds. The molecule has 0 heterocycles. The van der Waals surface area contributed by atoms with Gasteiger partial charge in [0.2, 0.25) is 6.04 Å². The van der Waals surface area contributed by atoms with Crippen LogP contribution >= 0.6 is 11.8 Å². The second-order valence-corrected chi connectivity index (χ2v) is 6.16. The van der Waals surface area contributed by atoms with Crippen molar-refractivity contribution in [3.8, 4) is 5.75 Å². The van der Waals surface area contributed by atoms with Gasteiger partial charge < -0.3 is 9.47 Å². The van der Waals surface area contributed by atoms with Crippen LogP contribution in [0.1, 0.15) is 28.9 Å². The third kappa shape index (κ3) is 4.96. The van der Waals surface area contributed by atoms with Crippen molar-refractivity contribution >= 4 is 17.7 Å². The Morgan fingerprint density at radius 2 is 1.88 bits per heavy atom. The van der Waals surface area contributed by atoms with E-state index < -0.39 is 12.0 Å². The van der Waals surface area contributed by atoms with Gasteiger partial charge in [-0.05, 0) is 43.3 Å². The Bertz CT molecular complexity index is 733. The van der Waals surface area contributed by atoms with Gasteiger partial charge in [-0.3, -0.25) is 10.1 Å².